The number of halogens is 1. The highest BCUT2D eigenvalue weighted by Crippen LogP contribution is 2.17. The van der Waals surface area contributed by atoms with Crippen LogP contribution in [0.1, 0.15) is 4.88 Å². The van der Waals surface area contributed by atoms with Gasteiger partial charge < -0.3 is 0 Å². The van der Waals surface area contributed by atoms with E-state index in [-0.39, 0.29) is 0 Å². The lowest BCUT2D eigenvalue weighted by Gasteiger charge is -1.67. The van der Waals surface area contributed by atoms with Crippen LogP contribution < -0.4 is 0 Å². The van der Waals surface area contributed by atoms with Crippen LogP contribution in [0.5, 0.6) is 0 Å². The lowest BCUT2D eigenvalue weighted by atomic mass is 10.5. The summed E-state index contributed by atoms with van der Waals surface area (Å²) in [5.41, 5.74) is 0. The van der Waals surface area contributed by atoms with Gasteiger partial charge in [-0.1, -0.05) is 0 Å². The summed E-state index contributed by atoms with van der Waals surface area (Å²) >= 11 is 4.58. The fourth-order valence-corrected chi connectivity index (χ4v) is 1.58. The molecule has 1 radical (unpaired) electrons. The van der Waals surface area contributed by atoms with Crippen molar-refractivity contribution in [3.05, 3.63) is 20.8 Å². The molecule has 0 aliphatic rings. The zero-order valence-electron chi connectivity index (χ0n) is 3.85. The molecular formula is C5H2BrOS. The molecule has 1 nitrogen and oxygen atoms in total. The maximum atomic E-state index is 9.88. The Kier molecular flexibility index (Phi) is 1.81. The second kappa shape index (κ2) is 2.42. The lowest BCUT2D eigenvalue weighted by molar-refractivity contribution is 0.563. The minimum atomic E-state index is 0.636. The molecule has 0 saturated heterocycles. The van der Waals surface area contributed by atoms with Crippen molar-refractivity contribution < 1.29 is 4.79 Å². The average molecular weight is 190 g/mol. The van der Waals surface area contributed by atoms with E-state index in [1.807, 2.05) is 5.38 Å². The van der Waals surface area contributed by atoms with Gasteiger partial charge in [0.2, 0.25) is 6.29 Å². The van der Waals surface area contributed by atoms with Gasteiger partial charge in [0.1, 0.15) is 0 Å². The van der Waals surface area contributed by atoms with Crippen LogP contribution >= 0.6 is 27.3 Å². The Hall–Kier alpha value is -0.150. The highest BCUT2D eigenvalue weighted by atomic mass is 79.9. The summed E-state index contributed by atoms with van der Waals surface area (Å²) in [6, 6.07) is 1.73. The number of rotatable bonds is 1. The van der Waals surface area contributed by atoms with E-state index in [1.165, 1.54) is 11.3 Å². The Balaban J connectivity index is 3.00. The first kappa shape index (κ1) is 5.98. The van der Waals surface area contributed by atoms with Gasteiger partial charge in [0, 0.05) is 9.85 Å². The number of hydrogen-bond acceptors (Lipinski definition) is 2. The number of carbonyl (C=O) groups excluding carboxylic acids is 1. The van der Waals surface area contributed by atoms with Crippen LogP contribution in [0.3, 0.4) is 0 Å². The molecule has 0 atom stereocenters. The largest absolute Gasteiger partial charge is 0.284 e. The molecule has 41 valence electrons. The Morgan fingerprint density at radius 1 is 1.75 bits per heavy atom. The van der Waals surface area contributed by atoms with Crippen LogP contribution in [0.2, 0.25) is 0 Å². The monoisotopic (exact) mass is 189 g/mol. The summed E-state index contributed by atoms with van der Waals surface area (Å²) in [7, 11) is 0. The van der Waals surface area contributed by atoms with E-state index in [0.29, 0.717) is 4.88 Å². The Morgan fingerprint density at radius 3 is 2.75 bits per heavy atom. The van der Waals surface area contributed by atoms with Gasteiger partial charge in [-0.3, -0.25) is 4.79 Å². The molecule has 1 aromatic rings. The molecule has 0 aromatic carbocycles. The first-order chi connectivity index (χ1) is 3.83. The van der Waals surface area contributed by atoms with Gasteiger partial charge in [-0.15, -0.1) is 11.3 Å². The summed E-state index contributed by atoms with van der Waals surface area (Å²) in [6.45, 7) is 0. The van der Waals surface area contributed by atoms with E-state index in [4.69, 9.17) is 0 Å². The Morgan fingerprint density at radius 2 is 2.50 bits per heavy atom. The standard InChI is InChI=1S/C5H2BrOS/c6-4-1-5(2-7)8-3-4/h1,3H. The predicted octanol–water partition coefficient (Wildman–Crippen LogP) is 1.97. The van der Waals surface area contributed by atoms with Crippen LogP contribution in [0.15, 0.2) is 15.9 Å². The van der Waals surface area contributed by atoms with Gasteiger partial charge in [0.15, 0.2) is 0 Å². The molecule has 0 N–H and O–H groups in total. The first-order valence-electron chi connectivity index (χ1n) is 1.95. The van der Waals surface area contributed by atoms with Gasteiger partial charge in [-0.05, 0) is 22.0 Å². The van der Waals surface area contributed by atoms with Crippen molar-refractivity contribution in [1.82, 2.24) is 0 Å². The van der Waals surface area contributed by atoms with Crippen molar-refractivity contribution >= 4 is 33.6 Å². The first-order valence-corrected chi connectivity index (χ1v) is 3.62. The molecule has 0 aliphatic carbocycles. The lowest BCUT2D eigenvalue weighted by Crippen LogP contribution is -1.63. The van der Waals surface area contributed by atoms with Crippen LogP contribution in [-0.2, 0) is 4.79 Å². The summed E-state index contributed by atoms with van der Waals surface area (Å²) in [6.07, 6.45) is 1.79. The van der Waals surface area contributed by atoms with Crippen molar-refractivity contribution in [2.75, 3.05) is 0 Å². The molecule has 0 aliphatic heterocycles. The second-order valence-electron chi connectivity index (χ2n) is 1.23. The summed E-state index contributed by atoms with van der Waals surface area (Å²) in [5, 5.41) is 1.85. The fourth-order valence-electron chi connectivity index (χ4n) is 0.367. The third-order valence-electron chi connectivity index (χ3n) is 0.668. The maximum absolute atomic E-state index is 9.88. The number of thiophene rings is 1. The van der Waals surface area contributed by atoms with Gasteiger partial charge in [-0.2, -0.15) is 0 Å². The van der Waals surface area contributed by atoms with Crippen LogP contribution in [0.4, 0.5) is 0 Å². The quantitative estimate of drug-likeness (QED) is 0.661. The topological polar surface area (TPSA) is 17.1 Å². The number of hydrogen-bond donors (Lipinski definition) is 0. The van der Waals surface area contributed by atoms with Gasteiger partial charge in [0.05, 0.1) is 4.88 Å². The van der Waals surface area contributed by atoms with E-state index in [9.17, 15) is 4.79 Å². The van der Waals surface area contributed by atoms with E-state index in [2.05, 4.69) is 15.9 Å². The Bertz CT molecular complexity index is 194. The molecule has 0 spiro atoms. The van der Waals surface area contributed by atoms with Gasteiger partial charge in [0.25, 0.3) is 0 Å². The predicted molar refractivity (Wildman–Crippen MR) is 36.8 cm³/mol. The fraction of sp³-hybridized carbons (Fsp3) is 0. The molecule has 0 unspecified atom stereocenters. The molecule has 3 heteroatoms. The molecule has 8 heavy (non-hydrogen) atoms. The third kappa shape index (κ3) is 1.17. The molecule has 0 fully saturated rings. The third-order valence-corrected chi connectivity index (χ3v) is 2.26. The van der Waals surface area contributed by atoms with Crippen molar-refractivity contribution in [2.24, 2.45) is 0 Å². The van der Waals surface area contributed by atoms with Crippen molar-refractivity contribution in [1.29, 1.82) is 0 Å². The maximum Gasteiger partial charge on any atom is 0.244 e. The zero-order chi connectivity index (χ0) is 5.98. The highest BCUT2D eigenvalue weighted by Gasteiger charge is 1.92. The SMILES string of the molecule is O=[C]c1cc(Br)cs1. The van der Waals surface area contributed by atoms with Gasteiger partial charge in [-0.25, -0.2) is 0 Å². The molecular weight excluding hydrogens is 188 g/mol. The van der Waals surface area contributed by atoms with E-state index >= 15 is 0 Å². The molecule has 1 rings (SSSR count). The minimum Gasteiger partial charge on any atom is -0.284 e. The van der Waals surface area contributed by atoms with Crippen molar-refractivity contribution in [2.45, 2.75) is 0 Å². The molecule has 0 saturated carbocycles. The van der Waals surface area contributed by atoms with Crippen LogP contribution in [-0.4, -0.2) is 6.29 Å². The summed E-state index contributed by atoms with van der Waals surface area (Å²) < 4.78 is 0.945. The zero-order valence-corrected chi connectivity index (χ0v) is 6.25. The second-order valence-corrected chi connectivity index (χ2v) is 3.06. The molecule has 1 aromatic heterocycles. The van der Waals surface area contributed by atoms with E-state index < -0.39 is 0 Å². The minimum absolute atomic E-state index is 0.636. The Labute approximate surface area is 59.5 Å². The molecule has 1 heterocycles. The summed E-state index contributed by atoms with van der Waals surface area (Å²) in [4.78, 5) is 10.5. The van der Waals surface area contributed by atoms with Crippen molar-refractivity contribution in [3.63, 3.8) is 0 Å². The van der Waals surface area contributed by atoms with Gasteiger partial charge >= 0.3 is 0 Å². The average Bonchev–Trinajstić information content (AvgIpc) is 2.14. The highest BCUT2D eigenvalue weighted by molar-refractivity contribution is 9.10. The van der Waals surface area contributed by atoms with Crippen molar-refractivity contribution in [3.8, 4) is 0 Å². The molecule has 0 amide bonds. The van der Waals surface area contributed by atoms with E-state index in [1.54, 1.807) is 12.4 Å². The van der Waals surface area contributed by atoms with Crippen LogP contribution in [0, 0.1) is 0 Å². The smallest absolute Gasteiger partial charge is 0.244 e. The molecule has 0 bridgehead atoms. The van der Waals surface area contributed by atoms with Crippen LogP contribution in [0.25, 0.3) is 0 Å². The normalized spacial score (nSPS) is 9.12. The van der Waals surface area contributed by atoms with E-state index in [0.717, 1.165) is 4.47 Å². The summed E-state index contributed by atoms with van der Waals surface area (Å²) in [5.74, 6) is 0.